The molecule has 22 heavy (non-hydrogen) atoms. The maximum atomic E-state index is 12.3. The van der Waals surface area contributed by atoms with E-state index < -0.39 is 5.60 Å². The highest BCUT2D eigenvalue weighted by atomic mass is 16.6. The van der Waals surface area contributed by atoms with Gasteiger partial charge >= 0.3 is 6.09 Å². The molecular weight excluding hydrogens is 276 g/mol. The molecule has 0 spiro atoms. The van der Waals surface area contributed by atoms with Crippen LogP contribution in [-0.2, 0) is 17.7 Å². The van der Waals surface area contributed by atoms with Crippen molar-refractivity contribution in [1.82, 2.24) is 10.2 Å². The Kier molecular flexibility index (Phi) is 5.12. The molecule has 1 aromatic rings. The monoisotopic (exact) mass is 304 g/mol. The van der Waals surface area contributed by atoms with E-state index >= 15 is 0 Å². The van der Waals surface area contributed by atoms with E-state index in [1.54, 1.807) is 0 Å². The van der Waals surface area contributed by atoms with Gasteiger partial charge in [0.1, 0.15) is 5.60 Å². The molecule has 4 nitrogen and oxygen atoms in total. The lowest BCUT2D eigenvalue weighted by atomic mass is 9.92. The molecule has 1 unspecified atom stereocenters. The highest BCUT2D eigenvalue weighted by Crippen LogP contribution is 2.31. The fourth-order valence-electron chi connectivity index (χ4n) is 2.83. The van der Waals surface area contributed by atoms with Crippen molar-refractivity contribution in [2.75, 3.05) is 13.1 Å². The zero-order chi connectivity index (χ0) is 16.3. The zero-order valence-electron chi connectivity index (χ0n) is 14.4. The molecule has 0 aromatic heterocycles. The minimum atomic E-state index is -0.452. The molecule has 0 fully saturated rings. The van der Waals surface area contributed by atoms with Gasteiger partial charge in [-0.1, -0.05) is 25.1 Å². The van der Waals surface area contributed by atoms with Gasteiger partial charge in [0.05, 0.1) is 6.04 Å². The molecule has 0 bridgehead atoms. The van der Waals surface area contributed by atoms with Crippen LogP contribution in [0.25, 0.3) is 0 Å². The van der Waals surface area contributed by atoms with E-state index in [2.05, 4.69) is 37.4 Å². The SMILES string of the molecule is CCNCc1ccc2c(c1)CCN(C(=O)OC(C)(C)C)C2C. The molecule has 1 atom stereocenters. The summed E-state index contributed by atoms with van der Waals surface area (Å²) in [4.78, 5) is 14.2. The van der Waals surface area contributed by atoms with E-state index in [-0.39, 0.29) is 12.1 Å². The smallest absolute Gasteiger partial charge is 0.410 e. The Morgan fingerprint density at radius 3 is 2.77 bits per heavy atom. The number of ether oxygens (including phenoxy) is 1. The number of nitrogens with one attached hydrogen (secondary N) is 1. The summed E-state index contributed by atoms with van der Waals surface area (Å²) in [7, 11) is 0. The second-order valence-electron chi connectivity index (χ2n) is 6.91. The molecule has 2 rings (SSSR count). The Morgan fingerprint density at radius 1 is 1.41 bits per heavy atom. The number of hydrogen-bond donors (Lipinski definition) is 1. The summed E-state index contributed by atoms with van der Waals surface area (Å²) < 4.78 is 5.52. The highest BCUT2D eigenvalue weighted by molar-refractivity contribution is 5.69. The van der Waals surface area contributed by atoms with Gasteiger partial charge in [-0.15, -0.1) is 0 Å². The first-order chi connectivity index (χ1) is 10.3. The number of benzene rings is 1. The highest BCUT2D eigenvalue weighted by Gasteiger charge is 2.30. The van der Waals surface area contributed by atoms with Gasteiger partial charge in [-0.25, -0.2) is 4.79 Å². The van der Waals surface area contributed by atoms with Crippen LogP contribution in [0.15, 0.2) is 18.2 Å². The average molecular weight is 304 g/mol. The van der Waals surface area contributed by atoms with Crippen molar-refractivity contribution in [3.05, 3.63) is 34.9 Å². The molecule has 1 amide bonds. The molecule has 0 aliphatic carbocycles. The number of carbonyl (C=O) groups is 1. The lowest BCUT2D eigenvalue weighted by Crippen LogP contribution is -2.42. The summed E-state index contributed by atoms with van der Waals surface area (Å²) in [5.41, 5.74) is 3.44. The summed E-state index contributed by atoms with van der Waals surface area (Å²) in [6.07, 6.45) is 0.668. The second kappa shape index (κ2) is 6.69. The van der Waals surface area contributed by atoms with E-state index in [0.717, 1.165) is 19.5 Å². The van der Waals surface area contributed by atoms with E-state index in [1.165, 1.54) is 16.7 Å². The van der Waals surface area contributed by atoms with Gasteiger partial charge in [-0.2, -0.15) is 0 Å². The molecule has 1 aliphatic heterocycles. The van der Waals surface area contributed by atoms with Crippen LogP contribution in [0.5, 0.6) is 0 Å². The molecule has 1 heterocycles. The summed E-state index contributed by atoms with van der Waals surface area (Å²) in [6, 6.07) is 6.63. The minimum absolute atomic E-state index is 0.0618. The van der Waals surface area contributed by atoms with Crippen molar-refractivity contribution in [3.63, 3.8) is 0 Å². The third kappa shape index (κ3) is 4.01. The molecule has 1 N–H and O–H groups in total. The maximum absolute atomic E-state index is 12.3. The summed E-state index contributed by atoms with van der Waals surface area (Å²) in [6.45, 7) is 12.5. The topological polar surface area (TPSA) is 41.6 Å². The largest absolute Gasteiger partial charge is 0.444 e. The van der Waals surface area contributed by atoms with Crippen molar-refractivity contribution in [2.45, 2.75) is 59.2 Å². The Bertz CT molecular complexity index is 534. The fourth-order valence-corrected chi connectivity index (χ4v) is 2.83. The van der Waals surface area contributed by atoms with E-state index in [1.807, 2.05) is 25.7 Å². The molecule has 0 radical (unpaired) electrons. The van der Waals surface area contributed by atoms with Gasteiger partial charge in [0.25, 0.3) is 0 Å². The van der Waals surface area contributed by atoms with Gasteiger partial charge in [0.15, 0.2) is 0 Å². The number of rotatable bonds is 3. The average Bonchev–Trinajstić information content (AvgIpc) is 2.43. The third-order valence-corrected chi connectivity index (χ3v) is 3.95. The van der Waals surface area contributed by atoms with Crippen LogP contribution in [0.1, 0.15) is 57.4 Å². The first kappa shape index (κ1) is 16.8. The van der Waals surface area contributed by atoms with Crippen LogP contribution in [0, 0.1) is 0 Å². The second-order valence-corrected chi connectivity index (χ2v) is 6.91. The maximum Gasteiger partial charge on any atom is 0.410 e. The fraction of sp³-hybridized carbons (Fsp3) is 0.611. The molecular formula is C18H28N2O2. The van der Waals surface area contributed by atoms with Crippen LogP contribution >= 0.6 is 0 Å². The number of amides is 1. The van der Waals surface area contributed by atoms with Gasteiger partial charge in [-0.05, 0) is 57.4 Å². The van der Waals surface area contributed by atoms with Crippen molar-refractivity contribution < 1.29 is 9.53 Å². The van der Waals surface area contributed by atoms with E-state index in [0.29, 0.717) is 6.54 Å². The van der Waals surface area contributed by atoms with Crippen LogP contribution in [-0.4, -0.2) is 29.7 Å². The van der Waals surface area contributed by atoms with Gasteiger partial charge in [0, 0.05) is 13.1 Å². The Labute approximate surface area is 133 Å². The first-order valence-corrected chi connectivity index (χ1v) is 8.14. The number of nitrogens with zero attached hydrogens (tertiary/aromatic N) is 1. The van der Waals surface area contributed by atoms with Gasteiger partial charge < -0.3 is 15.0 Å². The van der Waals surface area contributed by atoms with Crippen LogP contribution in [0.3, 0.4) is 0 Å². The normalized spacial score (nSPS) is 18.0. The minimum Gasteiger partial charge on any atom is -0.444 e. The first-order valence-electron chi connectivity index (χ1n) is 8.14. The Hall–Kier alpha value is -1.55. The van der Waals surface area contributed by atoms with Crippen LogP contribution in [0.4, 0.5) is 4.79 Å². The van der Waals surface area contributed by atoms with Crippen molar-refractivity contribution in [2.24, 2.45) is 0 Å². The predicted molar refractivity (Wildman–Crippen MR) is 88.9 cm³/mol. The number of carbonyl (C=O) groups excluding carboxylic acids is 1. The van der Waals surface area contributed by atoms with Crippen molar-refractivity contribution in [3.8, 4) is 0 Å². The Morgan fingerprint density at radius 2 is 2.14 bits per heavy atom. The summed E-state index contributed by atoms with van der Waals surface area (Å²) in [5, 5.41) is 3.35. The van der Waals surface area contributed by atoms with E-state index in [9.17, 15) is 4.79 Å². The molecule has 4 heteroatoms. The molecule has 122 valence electrons. The lowest BCUT2D eigenvalue weighted by Gasteiger charge is -2.36. The molecule has 1 aliphatic rings. The number of fused-ring (bicyclic) bond motifs is 1. The third-order valence-electron chi connectivity index (χ3n) is 3.95. The summed E-state index contributed by atoms with van der Waals surface area (Å²) in [5.74, 6) is 0. The van der Waals surface area contributed by atoms with Gasteiger partial charge in [-0.3, -0.25) is 0 Å². The molecule has 0 saturated heterocycles. The summed E-state index contributed by atoms with van der Waals surface area (Å²) >= 11 is 0. The standard InChI is InChI=1S/C18H28N2O2/c1-6-19-12-14-7-8-16-13(2)20(10-9-15(16)11-14)17(21)22-18(3,4)5/h7-8,11,13,19H,6,9-10,12H2,1-5H3. The molecule has 0 saturated carbocycles. The lowest BCUT2D eigenvalue weighted by molar-refractivity contribution is 0.0160. The van der Waals surface area contributed by atoms with E-state index in [4.69, 9.17) is 4.74 Å². The number of hydrogen-bond acceptors (Lipinski definition) is 3. The van der Waals surface area contributed by atoms with Crippen molar-refractivity contribution >= 4 is 6.09 Å². The molecule has 1 aromatic carbocycles. The van der Waals surface area contributed by atoms with Gasteiger partial charge in [0.2, 0.25) is 0 Å². The quantitative estimate of drug-likeness (QED) is 0.926. The van der Waals surface area contributed by atoms with Crippen LogP contribution < -0.4 is 5.32 Å². The zero-order valence-corrected chi connectivity index (χ0v) is 14.4. The predicted octanol–water partition coefficient (Wildman–Crippen LogP) is 3.65. The van der Waals surface area contributed by atoms with Crippen LogP contribution in [0.2, 0.25) is 0 Å². The Balaban J connectivity index is 2.13. The van der Waals surface area contributed by atoms with Crippen molar-refractivity contribution in [1.29, 1.82) is 0 Å².